The van der Waals surface area contributed by atoms with Crippen molar-refractivity contribution in [3.8, 4) is 0 Å². The second kappa shape index (κ2) is 9.72. The van der Waals surface area contributed by atoms with E-state index >= 15 is 0 Å². The number of benzene rings is 1. The molecule has 0 unspecified atom stereocenters. The predicted molar refractivity (Wildman–Crippen MR) is 108 cm³/mol. The van der Waals surface area contributed by atoms with Crippen LogP contribution in [0.15, 0.2) is 47.4 Å². The van der Waals surface area contributed by atoms with Crippen molar-refractivity contribution in [2.45, 2.75) is 60.3 Å². The fourth-order valence-electron chi connectivity index (χ4n) is 4.17. The molecule has 2 heterocycles. The summed E-state index contributed by atoms with van der Waals surface area (Å²) in [5.41, 5.74) is 0. The standard InChI is InChI=1S/C21H28O2S2/c22-21(23)11-7-2-1-6-10-17-18(20-13-12-19(17)25-20)14-15-24-16-8-4-3-5-9-16/h1,3-6,8-9,17-20H,2,7,10-15H2,(H,22,23)/t17-,18+,19-,20+/m1/s1. The number of carbonyl (C=O) groups is 1. The lowest BCUT2D eigenvalue weighted by molar-refractivity contribution is -0.137. The highest BCUT2D eigenvalue weighted by Crippen LogP contribution is 2.55. The molecule has 2 aliphatic rings. The van der Waals surface area contributed by atoms with E-state index in [1.807, 2.05) is 11.8 Å². The maximum atomic E-state index is 10.5. The first-order chi connectivity index (χ1) is 12.2. The van der Waals surface area contributed by atoms with Gasteiger partial charge in [0.15, 0.2) is 0 Å². The van der Waals surface area contributed by atoms with Gasteiger partial charge in [-0.2, -0.15) is 11.8 Å². The van der Waals surface area contributed by atoms with Crippen molar-refractivity contribution in [2.24, 2.45) is 11.8 Å². The van der Waals surface area contributed by atoms with Crippen molar-refractivity contribution in [1.29, 1.82) is 0 Å². The van der Waals surface area contributed by atoms with Gasteiger partial charge in [-0.05, 0) is 68.2 Å². The smallest absolute Gasteiger partial charge is 0.303 e. The molecule has 1 N–H and O–H groups in total. The summed E-state index contributed by atoms with van der Waals surface area (Å²) in [5, 5.41) is 10.4. The molecule has 4 atom stereocenters. The molecule has 25 heavy (non-hydrogen) atoms. The third-order valence-corrected chi connectivity index (χ3v) is 8.30. The third-order valence-electron chi connectivity index (χ3n) is 5.39. The van der Waals surface area contributed by atoms with Crippen molar-refractivity contribution in [1.82, 2.24) is 0 Å². The summed E-state index contributed by atoms with van der Waals surface area (Å²) in [7, 11) is 0. The summed E-state index contributed by atoms with van der Waals surface area (Å²) < 4.78 is 0. The highest BCUT2D eigenvalue weighted by molar-refractivity contribution is 8.01. The van der Waals surface area contributed by atoms with Gasteiger partial charge in [0.1, 0.15) is 0 Å². The molecule has 0 spiro atoms. The van der Waals surface area contributed by atoms with Crippen LogP contribution in [0.2, 0.25) is 0 Å². The number of aliphatic carboxylic acids is 1. The van der Waals surface area contributed by atoms with Gasteiger partial charge in [0.2, 0.25) is 0 Å². The lowest BCUT2D eigenvalue weighted by Gasteiger charge is -2.29. The van der Waals surface area contributed by atoms with Gasteiger partial charge in [0.25, 0.3) is 0 Å². The van der Waals surface area contributed by atoms with Crippen LogP contribution in [-0.4, -0.2) is 27.3 Å². The number of hydrogen-bond acceptors (Lipinski definition) is 3. The molecular formula is C21H28O2S2. The summed E-state index contributed by atoms with van der Waals surface area (Å²) in [5.74, 6) is 2.23. The van der Waals surface area contributed by atoms with Gasteiger partial charge in [-0.25, -0.2) is 0 Å². The van der Waals surface area contributed by atoms with Gasteiger partial charge in [-0.1, -0.05) is 30.4 Å². The van der Waals surface area contributed by atoms with E-state index in [1.165, 1.54) is 36.3 Å². The van der Waals surface area contributed by atoms with Crippen LogP contribution in [0.5, 0.6) is 0 Å². The van der Waals surface area contributed by atoms with Gasteiger partial charge in [0.05, 0.1) is 0 Å². The Bertz CT molecular complexity index is 573. The van der Waals surface area contributed by atoms with E-state index < -0.39 is 5.97 Å². The lowest BCUT2D eigenvalue weighted by Crippen LogP contribution is -2.27. The first kappa shape index (κ1) is 18.9. The van der Waals surface area contributed by atoms with Crippen LogP contribution < -0.4 is 0 Å². The third kappa shape index (κ3) is 5.55. The molecule has 2 aliphatic heterocycles. The monoisotopic (exact) mass is 376 g/mol. The highest BCUT2D eigenvalue weighted by atomic mass is 32.2. The van der Waals surface area contributed by atoms with Crippen LogP contribution in [-0.2, 0) is 4.79 Å². The van der Waals surface area contributed by atoms with E-state index in [0.717, 1.165) is 35.2 Å². The Morgan fingerprint density at radius 2 is 1.92 bits per heavy atom. The number of allylic oxidation sites excluding steroid dienone is 2. The van der Waals surface area contributed by atoms with Crippen molar-refractivity contribution in [2.75, 3.05) is 5.75 Å². The minimum atomic E-state index is -0.686. The van der Waals surface area contributed by atoms with E-state index in [1.54, 1.807) is 0 Å². The van der Waals surface area contributed by atoms with Crippen LogP contribution in [0, 0.1) is 11.8 Å². The van der Waals surface area contributed by atoms with Crippen LogP contribution >= 0.6 is 23.5 Å². The van der Waals surface area contributed by atoms with Crippen LogP contribution in [0.25, 0.3) is 0 Å². The van der Waals surface area contributed by atoms with Crippen LogP contribution in [0.3, 0.4) is 0 Å². The summed E-state index contributed by atoms with van der Waals surface area (Å²) in [6.07, 6.45) is 11.8. The number of fused-ring (bicyclic) bond motifs is 2. The van der Waals surface area contributed by atoms with Crippen molar-refractivity contribution >= 4 is 29.5 Å². The van der Waals surface area contributed by atoms with Crippen molar-refractivity contribution in [3.63, 3.8) is 0 Å². The molecule has 4 heteroatoms. The molecule has 0 aliphatic carbocycles. The zero-order valence-electron chi connectivity index (χ0n) is 14.7. The fraction of sp³-hybridized carbons (Fsp3) is 0.571. The maximum absolute atomic E-state index is 10.5. The average Bonchev–Trinajstić information content (AvgIpc) is 3.21. The van der Waals surface area contributed by atoms with E-state index in [4.69, 9.17) is 5.11 Å². The summed E-state index contributed by atoms with van der Waals surface area (Å²) >= 11 is 4.24. The Labute approximate surface area is 159 Å². The molecule has 1 aromatic carbocycles. The zero-order chi connectivity index (χ0) is 17.5. The molecule has 136 valence electrons. The number of carboxylic acid groups (broad SMARTS) is 1. The predicted octanol–water partition coefficient (Wildman–Crippen LogP) is 5.88. The van der Waals surface area contributed by atoms with Crippen LogP contribution in [0.1, 0.15) is 44.9 Å². The molecule has 3 rings (SSSR count). The number of rotatable bonds is 10. The van der Waals surface area contributed by atoms with E-state index in [-0.39, 0.29) is 6.42 Å². The zero-order valence-corrected chi connectivity index (χ0v) is 16.3. The summed E-state index contributed by atoms with van der Waals surface area (Å²) in [6.45, 7) is 0. The Morgan fingerprint density at radius 1 is 1.16 bits per heavy atom. The second-order valence-electron chi connectivity index (χ2n) is 7.06. The molecular weight excluding hydrogens is 348 g/mol. The Hall–Kier alpha value is -0.870. The average molecular weight is 377 g/mol. The van der Waals surface area contributed by atoms with E-state index in [2.05, 4.69) is 54.2 Å². The van der Waals surface area contributed by atoms with E-state index in [0.29, 0.717) is 0 Å². The second-order valence-corrected chi connectivity index (χ2v) is 9.71. The quantitative estimate of drug-likeness (QED) is 0.314. The molecule has 1 aromatic rings. The molecule has 2 fully saturated rings. The Kier molecular flexibility index (Phi) is 7.35. The number of unbranched alkanes of at least 4 members (excludes halogenated alkanes) is 1. The van der Waals surface area contributed by atoms with Gasteiger partial charge in [0, 0.05) is 21.8 Å². The van der Waals surface area contributed by atoms with Crippen LogP contribution in [0.4, 0.5) is 0 Å². The molecule has 2 bridgehead atoms. The SMILES string of the molecule is O=C(O)CCCC=CC[C@@H]1[C@H](CCSc2ccccc2)[C@@H]2CC[C@H]1S2. The summed E-state index contributed by atoms with van der Waals surface area (Å²) in [4.78, 5) is 11.9. The summed E-state index contributed by atoms with van der Waals surface area (Å²) in [6, 6.07) is 10.7. The highest BCUT2D eigenvalue weighted by Gasteiger charge is 2.46. The fourth-order valence-corrected chi connectivity index (χ4v) is 7.19. The molecule has 0 radical (unpaired) electrons. The molecule has 0 amide bonds. The minimum Gasteiger partial charge on any atom is -0.481 e. The minimum absolute atomic E-state index is 0.285. The molecule has 0 aromatic heterocycles. The van der Waals surface area contributed by atoms with E-state index in [9.17, 15) is 4.79 Å². The first-order valence-electron chi connectivity index (χ1n) is 9.44. The van der Waals surface area contributed by atoms with Gasteiger partial charge in [-0.15, -0.1) is 11.8 Å². The first-order valence-corrected chi connectivity index (χ1v) is 11.4. The maximum Gasteiger partial charge on any atom is 0.303 e. The van der Waals surface area contributed by atoms with Crippen molar-refractivity contribution in [3.05, 3.63) is 42.5 Å². The lowest BCUT2D eigenvalue weighted by atomic mass is 9.76. The number of thioether (sulfide) groups is 2. The molecule has 2 saturated heterocycles. The molecule has 0 saturated carbocycles. The van der Waals surface area contributed by atoms with Gasteiger partial charge < -0.3 is 5.11 Å². The Morgan fingerprint density at radius 3 is 2.68 bits per heavy atom. The normalized spacial score (nSPS) is 28.0. The van der Waals surface area contributed by atoms with Gasteiger partial charge in [-0.3, -0.25) is 4.79 Å². The Balaban J connectivity index is 1.43. The largest absolute Gasteiger partial charge is 0.481 e. The molecule has 2 nitrogen and oxygen atoms in total. The van der Waals surface area contributed by atoms with Gasteiger partial charge >= 0.3 is 5.97 Å². The number of carboxylic acids is 1. The number of hydrogen-bond donors (Lipinski definition) is 1. The topological polar surface area (TPSA) is 37.3 Å². The van der Waals surface area contributed by atoms with Crippen molar-refractivity contribution < 1.29 is 9.90 Å².